The van der Waals surface area contributed by atoms with E-state index in [0.717, 1.165) is 82.9 Å². The van der Waals surface area contributed by atoms with Crippen LogP contribution in [0.25, 0.3) is 11.1 Å². The average Bonchev–Trinajstić information content (AvgIpc) is 3.89. The van der Waals surface area contributed by atoms with Gasteiger partial charge in [0.1, 0.15) is 17.6 Å². The van der Waals surface area contributed by atoms with Crippen molar-refractivity contribution < 1.29 is 14.2 Å². The number of aryl methyl sites for hydroxylation is 2. The summed E-state index contributed by atoms with van der Waals surface area (Å²) in [5, 5.41) is 0. The molecule has 6 rings (SSSR count). The summed E-state index contributed by atoms with van der Waals surface area (Å²) in [5.41, 5.74) is 12.5. The van der Waals surface area contributed by atoms with Crippen LogP contribution in [0, 0.1) is 13.8 Å². The maximum Gasteiger partial charge on any atom is 0.124 e. The second-order valence-electron chi connectivity index (χ2n) is 16.0. The Labute approximate surface area is 316 Å². The fourth-order valence-corrected chi connectivity index (χ4v) is 7.87. The van der Waals surface area contributed by atoms with E-state index >= 15 is 0 Å². The molecular formula is C47H68N2O3. The monoisotopic (exact) mass is 709 g/mol. The third kappa shape index (κ3) is 10.0. The molecule has 284 valence electrons. The van der Waals surface area contributed by atoms with Gasteiger partial charge < -0.3 is 19.1 Å². The van der Waals surface area contributed by atoms with Crippen LogP contribution < -0.4 is 9.47 Å². The SMILES string of the molecule is CCC.CCCc1cc(O[C@H]2CCc3c(-c4cccc(OCCCN5CCC5(C)C)c4C)cccc32)c(C)cc1CN(C)CCC(OCC)=C1CC1. The van der Waals surface area contributed by atoms with Crippen molar-refractivity contribution in [1.82, 2.24) is 9.80 Å². The van der Waals surface area contributed by atoms with Crippen molar-refractivity contribution in [1.29, 1.82) is 0 Å². The minimum absolute atomic E-state index is 0.0644. The molecule has 0 N–H and O–H groups in total. The summed E-state index contributed by atoms with van der Waals surface area (Å²) in [7, 11) is 2.24. The average molecular weight is 709 g/mol. The highest BCUT2D eigenvalue weighted by Gasteiger charge is 2.35. The van der Waals surface area contributed by atoms with Crippen LogP contribution >= 0.6 is 0 Å². The first kappa shape index (κ1) is 39.9. The summed E-state index contributed by atoms with van der Waals surface area (Å²) in [6.45, 7) is 23.5. The van der Waals surface area contributed by atoms with Gasteiger partial charge in [0.15, 0.2) is 0 Å². The smallest absolute Gasteiger partial charge is 0.124 e. The highest BCUT2D eigenvalue weighted by atomic mass is 16.5. The number of allylic oxidation sites excluding steroid dienone is 1. The molecule has 1 saturated carbocycles. The zero-order valence-electron chi connectivity index (χ0n) is 34.1. The van der Waals surface area contributed by atoms with Crippen molar-refractivity contribution in [2.45, 2.75) is 138 Å². The molecule has 0 aromatic heterocycles. The van der Waals surface area contributed by atoms with E-state index in [1.807, 2.05) is 0 Å². The van der Waals surface area contributed by atoms with Crippen molar-refractivity contribution in [3.63, 3.8) is 0 Å². The van der Waals surface area contributed by atoms with Crippen LogP contribution in [0.15, 0.2) is 59.9 Å². The molecule has 1 atom stereocenters. The lowest BCUT2D eigenvalue weighted by atomic mass is 9.89. The van der Waals surface area contributed by atoms with Crippen molar-refractivity contribution in [3.8, 4) is 22.6 Å². The largest absolute Gasteiger partial charge is 0.498 e. The zero-order valence-corrected chi connectivity index (χ0v) is 34.1. The van der Waals surface area contributed by atoms with Crippen molar-refractivity contribution >= 4 is 0 Å². The van der Waals surface area contributed by atoms with Gasteiger partial charge in [0.2, 0.25) is 0 Å². The Morgan fingerprint density at radius 1 is 0.923 bits per heavy atom. The number of rotatable bonds is 17. The number of hydrogen-bond donors (Lipinski definition) is 0. The first-order valence-electron chi connectivity index (χ1n) is 20.5. The number of hydrogen-bond acceptors (Lipinski definition) is 5. The molecule has 2 aliphatic carbocycles. The fourth-order valence-electron chi connectivity index (χ4n) is 7.87. The van der Waals surface area contributed by atoms with Crippen LogP contribution in [-0.2, 0) is 24.1 Å². The first-order valence-corrected chi connectivity index (χ1v) is 20.5. The second-order valence-corrected chi connectivity index (χ2v) is 16.0. The molecule has 3 aliphatic rings. The summed E-state index contributed by atoms with van der Waals surface area (Å²) in [6, 6.07) is 18.0. The molecule has 0 bridgehead atoms. The molecule has 3 aromatic carbocycles. The molecule has 1 heterocycles. The van der Waals surface area contributed by atoms with Crippen molar-refractivity contribution in [3.05, 3.63) is 93.2 Å². The molecule has 52 heavy (non-hydrogen) atoms. The maximum atomic E-state index is 6.91. The van der Waals surface area contributed by atoms with E-state index in [2.05, 4.69) is 121 Å². The van der Waals surface area contributed by atoms with Crippen LogP contribution in [0.1, 0.15) is 132 Å². The highest BCUT2D eigenvalue weighted by Crippen LogP contribution is 2.43. The highest BCUT2D eigenvalue weighted by molar-refractivity contribution is 5.74. The lowest BCUT2D eigenvalue weighted by Gasteiger charge is -2.48. The molecule has 2 fully saturated rings. The normalized spacial score (nSPS) is 17.3. The molecule has 5 heteroatoms. The van der Waals surface area contributed by atoms with E-state index in [1.165, 1.54) is 88.1 Å². The van der Waals surface area contributed by atoms with Crippen LogP contribution in [0.3, 0.4) is 0 Å². The van der Waals surface area contributed by atoms with E-state index in [1.54, 1.807) is 0 Å². The lowest BCUT2D eigenvalue weighted by molar-refractivity contribution is 0.0123. The Balaban J connectivity index is 0.00000168. The summed E-state index contributed by atoms with van der Waals surface area (Å²) in [6.07, 6.45) is 11.3. The number of nitrogens with zero attached hydrogens (tertiary/aromatic N) is 2. The van der Waals surface area contributed by atoms with Crippen molar-refractivity contribution in [2.24, 2.45) is 0 Å². The first-order chi connectivity index (χ1) is 25.1. The summed E-state index contributed by atoms with van der Waals surface area (Å²) in [5.74, 6) is 3.27. The Morgan fingerprint density at radius 3 is 2.35 bits per heavy atom. The zero-order chi connectivity index (χ0) is 37.3. The second kappa shape index (κ2) is 18.7. The van der Waals surface area contributed by atoms with E-state index in [4.69, 9.17) is 14.2 Å². The lowest BCUT2D eigenvalue weighted by Crippen LogP contribution is -2.55. The van der Waals surface area contributed by atoms with Gasteiger partial charge in [-0.05, 0) is 149 Å². The van der Waals surface area contributed by atoms with Crippen molar-refractivity contribution in [2.75, 3.05) is 39.9 Å². The van der Waals surface area contributed by atoms with Gasteiger partial charge in [-0.25, -0.2) is 0 Å². The number of ether oxygens (including phenoxy) is 3. The maximum absolute atomic E-state index is 6.91. The van der Waals surface area contributed by atoms with Gasteiger partial charge in [0, 0.05) is 38.1 Å². The minimum atomic E-state index is 0.0644. The predicted octanol–water partition coefficient (Wildman–Crippen LogP) is 11.6. The standard InChI is InChI=1S/C44H60N2O3.C3H8/c1-8-13-34-29-43(31(3)28-35(34)30-45(7)25-22-41(47-9-2)33-18-19-33)49-42-21-20-38-37(15-10-16-39(38)42)36-14-11-17-40(32(36)4)48-27-12-24-46-26-23-44(46,5)6;1-3-2/h10-11,14-17,28-29,42H,8-9,12-13,18-27,30H2,1-7H3;3H2,1-2H3/t42-;/m0./s1. The van der Waals surface area contributed by atoms with Crippen LogP contribution in [0.2, 0.25) is 0 Å². The van der Waals surface area contributed by atoms with E-state index in [0.29, 0.717) is 5.54 Å². The van der Waals surface area contributed by atoms with Gasteiger partial charge >= 0.3 is 0 Å². The molecule has 3 aromatic rings. The van der Waals surface area contributed by atoms with Crippen LogP contribution in [0.4, 0.5) is 0 Å². The molecule has 0 amide bonds. The number of benzene rings is 3. The minimum Gasteiger partial charge on any atom is -0.498 e. The third-order valence-corrected chi connectivity index (χ3v) is 11.1. The molecule has 1 saturated heterocycles. The van der Waals surface area contributed by atoms with Crippen LogP contribution in [0.5, 0.6) is 11.5 Å². The van der Waals surface area contributed by atoms with Gasteiger partial charge in [0.25, 0.3) is 0 Å². The van der Waals surface area contributed by atoms with Gasteiger partial charge in [0.05, 0.1) is 19.0 Å². The third-order valence-electron chi connectivity index (χ3n) is 11.1. The Bertz CT molecular complexity index is 1650. The molecule has 0 spiro atoms. The Hall–Kier alpha value is -3.28. The Kier molecular flexibility index (Phi) is 14.3. The summed E-state index contributed by atoms with van der Waals surface area (Å²) >= 11 is 0. The van der Waals surface area contributed by atoms with Gasteiger partial charge in [-0.15, -0.1) is 0 Å². The molecular weight excluding hydrogens is 641 g/mol. The number of likely N-dealkylation sites (tertiary alicyclic amines) is 1. The Morgan fingerprint density at radius 2 is 1.67 bits per heavy atom. The quantitative estimate of drug-likeness (QED) is 0.103. The van der Waals surface area contributed by atoms with E-state index < -0.39 is 0 Å². The molecule has 0 unspecified atom stereocenters. The molecule has 1 aliphatic heterocycles. The van der Waals surface area contributed by atoms with Crippen LogP contribution in [-0.4, -0.2) is 55.2 Å². The predicted molar refractivity (Wildman–Crippen MR) is 219 cm³/mol. The summed E-state index contributed by atoms with van der Waals surface area (Å²) < 4.78 is 19.2. The fraction of sp³-hybridized carbons (Fsp3) is 0.574. The van der Waals surface area contributed by atoms with E-state index in [9.17, 15) is 0 Å². The van der Waals surface area contributed by atoms with Gasteiger partial charge in [-0.2, -0.15) is 0 Å². The topological polar surface area (TPSA) is 34.2 Å². The summed E-state index contributed by atoms with van der Waals surface area (Å²) in [4.78, 5) is 5.01. The van der Waals surface area contributed by atoms with Gasteiger partial charge in [-0.3, -0.25) is 4.90 Å². The molecule has 5 nitrogen and oxygen atoms in total. The molecule has 0 radical (unpaired) electrons. The van der Waals surface area contributed by atoms with E-state index in [-0.39, 0.29) is 6.10 Å². The number of fused-ring (bicyclic) bond motifs is 1. The van der Waals surface area contributed by atoms with Gasteiger partial charge in [-0.1, -0.05) is 70.0 Å².